The van der Waals surface area contributed by atoms with Crippen LogP contribution in [0.4, 0.5) is 0 Å². The predicted molar refractivity (Wildman–Crippen MR) is 45.9 cm³/mol. The Labute approximate surface area is 71.9 Å². The van der Waals surface area contributed by atoms with Gasteiger partial charge in [0.2, 0.25) is 0 Å². The van der Waals surface area contributed by atoms with E-state index in [9.17, 15) is 0 Å². The van der Waals surface area contributed by atoms with Crippen LogP contribution in [0.3, 0.4) is 0 Å². The average molecular weight is 166 g/mol. The lowest BCUT2D eigenvalue weighted by Crippen LogP contribution is -2.11. The quantitative estimate of drug-likeness (QED) is 0.642. The number of rotatable bonds is 1. The van der Waals surface area contributed by atoms with Gasteiger partial charge in [-0.3, -0.25) is 0 Å². The highest BCUT2D eigenvalue weighted by molar-refractivity contribution is 5.19. The highest BCUT2D eigenvalue weighted by atomic mass is 16.5. The summed E-state index contributed by atoms with van der Waals surface area (Å²) in [6.07, 6.45) is 6.59. The van der Waals surface area contributed by atoms with Crippen LogP contribution in [-0.2, 0) is 6.42 Å². The maximum atomic E-state index is 5.66. The van der Waals surface area contributed by atoms with Gasteiger partial charge in [-0.1, -0.05) is 11.6 Å². The summed E-state index contributed by atoms with van der Waals surface area (Å²) in [5.41, 5.74) is 6.93. The Morgan fingerprint density at radius 3 is 3.33 bits per heavy atom. The molecule has 1 aliphatic rings. The first kappa shape index (κ1) is 7.80. The van der Waals surface area contributed by atoms with Crippen molar-refractivity contribution >= 4 is 0 Å². The summed E-state index contributed by atoms with van der Waals surface area (Å²) in [6, 6.07) is 0. The lowest BCUT2D eigenvalue weighted by molar-refractivity contribution is 0.354. The van der Waals surface area contributed by atoms with Crippen LogP contribution in [0.1, 0.15) is 36.5 Å². The van der Waals surface area contributed by atoms with Gasteiger partial charge >= 0.3 is 0 Å². The van der Waals surface area contributed by atoms with Crippen molar-refractivity contribution < 1.29 is 4.52 Å². The molecule has 12 heavy (non-hydrogen) atoms. The summed E-state index contributed by atoms with van der Waals surface area (Å²) in [4.78, 5) is 0. The van der Waals surface area contributed by atoms with Gasteiger partial charge in [0.25, 0.3) is 0 Å². The zero-order chi connectivity index (χ0) is 8.39. The third kappa shape index (κ3) is 1.25. The molecule has 2 N–H and O–H groups in total. The Balaban J connectivity index is 2.29. The Kier molecular flexibility index (Phi) is 2.13. The number of aromatic nitrogens is 1. The molecule has 1 atom stereocenters. The minimum absolute atomic E-state index is 0.407. The van der Waals surface area contributed by atoms with E-state index in [2.05, 4.69) is 5.16 Å². The highest BCUT2D eigenvalue weighted by Gasteiger charge is 2.21. The van der Waals surface area contributed by atoms with Crippen molar-refractivity contribution in [2.75, 3.05) is 6.54 Å². The van der Waals surface area contributed by atoms with Gasteiger partial charge in [-0.05, 0) is 19.3 Å². The molecule has 0 fully saturated rings. The van der Waals surface area contributed by atoms with Crippen LogP contribution in [0.5, 0.6) is 0 Å². The number of aryl methyl sites for hydroxylation is 1. The monoisotopic (exact) mass is 166 g/mol. The van der Waals surface area contributed by atoms with E-state index in [0.29, 0.717) is 12.5 Å². The number of hydrogen-bond donors (Lipinski definition) is 1. The van der Waals surface area contributed by atoms with E-state index in [1.807, 2.05) is 6.20 Å². The Morgan fingerprint density at radius 1 is 1.58 bits per heavy atom. The summed E-state index contributed by atoms with van der Waals surface area (Å²) in [7, 11) is 0. The van der Waals surface area contributed by atoms with Crippen molar-refractivity contribution in [1.29, 1.82) is 0 Å². The molecule has 3 nitrogen and oxygen atoms in total. The number of nitrogens with two attached hydrogens (primary N) is 1. The normalized spacial score (nSPS) is 23.2. The topological polar surface area (TPSA) is 52.0 Å². The van der Waals surface area contributed by atoms with E-state index in [4.69, 9.17) is 10.3 Å². The van der Waals surface area contributed by atoms with Crippen molar-refractivity contribution in [1.82, 2.24) is 5.16 Å². The van der Waals surface area contributed by atoms with E-state index in [-0.39, 0.29) is 0 Å². The number of fused-ring (bicyclic) bond motifs is 1. The van der Waals surface area contributed by atoms with Crippen LogP contribution in [0, 0.1) is 0 Å². The Bertz CT molecular complexity index is 257. The van der Waals surface area contributed by atoms with E-state index in [1.165, 1.54) is 18.4 Å². The van der Waals surface area contributed by atoms with Crippen molar-refractivity contribution in [3.63, 3.8) is 0 Å². The molecule has 0 radical (unpaired) electrons. The van der Waals surface area contributed by atoms with Gasteiger partial charge in [-0.25, -0.2) is 0 Å². The molecule has 1 aliphatic carbocycles. The van der Waals surface area contributed by atoms with E-state index >= 15 is 0 Å². The summed E-state index contributed by atoms with van der Waals surface area (Å²) < 4.78 is 5.21. The molecule has 1 aromatic rings. The Morgan fingerprint density at radius 2 is 2.50 bits per heavy atom. The minimum atomic E-state index is 0.407. The first-order valence-electron chi connectivity index (χ1n) is 4.55. The molecule has 2 rings (SSSR count). The third-order valence-electron chi connectivity index (χ3n) is 2.58. The minimum Gasteiger partial charge on any atom is -0.361 e. The molecular weight excluding hydrogens is 152 g/mol. The fraction of sp³-hybridized carbons (Fsp3) is 0.667. The number of nitrogens with zero attached hydrogens (tertiary/aromatic N) is 1. The predicted octanol–water partition coefficient (Wildman–Crippen LogP) is 1.44. The van der Waals surface area contributed by atoms with Crippen LogP contribution in [0.15, 0.2) is 10.7 Å². The molecule has 0 aliphatic heterocycles. The van der Waals surface area contributed by atoms with Crippen molar-refractivity contribution in [3.05, 3.63) is 17.5 Å². The van der Waals surface area contributed by atoms with Crippen LogP contribution >= 0.6 is 0 Å². The van der Waals surface area contributed by atoms with E-state index in [1.54, 1.807) is 0 Å². The van der Waals surface area contributed by atoms with Crippen LogP contribution in [-0.4, -0.2) is 11.7 Å². The molecule has 3 heteroatoms. The van der Waals surface area contributed by atoms with Gasteiger partial charge in [-0.2, -0.15) is 0 Å². The molecule has 0 amide bonds. The van der Waals surface area contributed by atoms with Crippen LogP contribution in [0.2, 0.25) is 0 Å². The van der Waals surface area contributed by atoms with Crippen LogP contribution < -0.4 is 5.73 Å². The molecule has 0 saturated heterocycles. The standard InChI is InChI=1S/C9H14N2O/c10-5-7-3-1-2-4-8-6-11-12-9(7)8/h6-7H,1-5,10H2. The maximum Gasteiger partial charge on any atom is 0.144 e. The first-order chi connectivity index (χ1) is 5.92. The molecular formula is C9H14N2O. The first-order valence-corrected chi connectivity index (χ1v) is 4.55. The third-order valence-corrected chi connectivity index (χ3v) is 2.58. The van der Waals surface area contributed by atoms with Crippen molar-refractivity contribution in [3.8, 4) is 0 Å². The van der Waals surface area contributed by atoms with Gasteiger partial charge < -0.3 is 10.3 Å². The Hall–Kier alpha value is -0.830. The zero-order valence-electron chi connectivity index (χ0n) is 7.12. The second kappa shape index (κ2) is 3.27. The summed E-state index contributed by atoms with van der Waals surface area (Å²) in [5.74, 6) is 1.44. The SMILES string of the molecule is NCC1CCCCc2cnoc21. The second-order valence-electron chi connectivity index (χ2n) is 3.39. The van der Waals surface area contributed by atoms with Gasteiger partial charge in [-0.15, -0.1) is 0 Å². The average Bonchev–Trinajstić information content (AvgIpc) is 2.46. The van der Waals surface area contributed by atoms with E-state index in [0.717, 1.165) is 18.6 Å². The molecule has 1 aromatic heterocycles. The molecule has 1 heterocycles. The highest BCUT2D eigenvalue weighted by Crippen LogP contribution is 2.29. The molecule has 0 spiro atoms. The second-order valence-corrected chi connectivity index (χ2v) is 3.39. The molecule has 0 bridgehead atoms. The van der Waals surface area contributed by atoms with Gasteiger partial charge in [0.1, 0.15) is 5.76 Å². The van der Waals surface area contributed by atoms with Gasteiger partial charge in [0.15, 0.2) is 0 Å². The summed E-state index contributed by atoms with van der Waals surface area (Å²) in [6.45, 7) is 0.683. The summed E-state index contributed by atoms with van der Waals surface area (Å²) >= 11 is 0. The van der Waals surface area contributed by atoms with Crippen LogP contribution in [0.25, 0.3) is 0 Å². The number of hydrogen-bond acceptors (Lipinski definition) is 3. The zero-order valence-corrected chi connectivity index (χ0v) is 7.12. The lowest BCUT2D eigenvalue weighted by Gasteiger charge is -2.07. The fourth-order valence-electron chi connectivity index (χ4n) is 1.86. The molecule has 0 saturated carbocycles. The lowest BCUT2D eigenvalue weighted by atomic mass is 10.0. The largest absolute Gasteiger partial charge is 0.361 e. The van der Waals surface area contributed by atoms with Crippen molar-refractivity contribution in [2.45, 2.75) is 31.6 Å². The van der Waals surface area contributed by atoms with E-state index < -0.39 is 0 Å². The smallest absolute Gasteiger partial charge is 0.144 e. The molecule has 66 valence electrons. The summed E-state index contributed by atoms with van der Waals surface area (Å²) in [5, 5.41) is 3.81. The van der Waals surface area contributed by atoms with Crippen molar-refractivity contribution in [2.24, 2.45) is 5.73 Å². The molecule has 1 unspecified atom stereocenters. The fourth-order valence-corrected chi connectivity index (χ4v) is 1.86. The molecule has 0 aromatic carbocycles. The van der Waals surface area contributed by atoms with Gasteiger partial charge in [0, 0.05) is 18.0 Å². The van der Waals surface area contributed by atoms with Gasteiger partial charge in [0.05, 0.1) is 6.20 Å². The maximum absolute atomic E-state index is 5.66.